The fraction of sp³-hybridized carbons (Fsp3) is 0.667. The van der Waals surface area contributed by atoms with Gasteiger partial charge in [0.1, 0.15) is 0 Å². The van der Waals surface area contributed by atoms with E-state index in [1.807, 2.05) is 6.92 Å². The lowest BCUT2D eigenvalue weighted by molar-refractivity contribution is 1.25. The normalized spacial score (nSPS) is 15.0. The Hall–Kier alpha value is 0.770. The first-order valence-corrected chi connectivity index (χ1v) is 2.70. The zero-order valence-corrected chi connectivity index (χ0v) is 5.25. The van der Waals surface area contributed by atoms with Crippen LogP contribution >= 0.6 is 27.5 Å². The molecule has 1 unspecified atom stereocenters. The van der Waals surface area contributed by atoms with Crippen molar-refractivity contribution >= 4 is 27.5 Å². The molecule has 2 heteroatoms. The molecule has 5 heavy (non-hydrogen) atoms. The molecule has 0 amide bonds. The Balaban J connectivity index is 2.54. The van der Waals surface area contributed by atoms with Crippen LogP contribution in [-0.2, 0) is 0 Å². The molecule has 0 aromatic carbocycles. The van der Waals surface area contributed by atoms with Crippen molar-refractivity contribution < 1.29 is 0 Å². The van der Waals surface area contributed by atoms with E-state index in [1.54, 1.807) is 5.88 Å². The molecule has 0 aliphatic carbocycles. The van der Waals surface area contributed by atoms with Crippen LogP contribution < -0.4 is 0 Å². The number of halogens is 2. The Labute approximate surface area is 45.6 Å². The van der Waals surface area contributed by atoms with Crippen LogP contribution in [0, 0.1) is 5.88 Å². The summed E-state index contributed by atoms with van der Waals surface area (Å²) in [7, 11) is 0. The SMILES string of the molecule is CC(Br)[CH]Cl. The van der Waals surface area contributed by atoms with E-state index in [-0.39, 0.29) is 0 Å². The van der Waals surface area contributed by atoms with Gasteiger partial charge >= 0.3 is 0 Å². The molecule has 0 N–H and O–H groups in total. The Kier molecular flexibility index (Phi) is 3.44. The zero-order chi connectivity index (χ0) is 4.28. The highest BCUT2D eigenvalue weighted by atomic mass is 79.9. The molecule has 1 atom stereocenters. The molecule has 0 heterocycles. The Morgan fingerprint density at radius 1 is 2.00 bits per heavy atom. The zero-order valence-electron chi connectivity index (χ0n) is 2.91. The minimum Gasteiger partial charge on any atom is -0.120 e. The van der Waals surface area contributed by atoms with Gasteiger partial charge in [0.15, 0.2) is 0 Å². The molecule has 0 rings (SSSR count). The van der Waals surface area contributed by atoms with Gasteiger partial charge in [-0.25, -0.2) is 0 Å². The van der Waals surface area contributed by atoms with Crippen molar-refractivity contribution in [2.24, 2.45) is 0 Å². The van der Waals surface area contributed by atoms with Crippen molar-refractivity contribution in [3.8, 4) is 0 Å². The van der Waals surface area contributed by atoms with Gasteiger partial charge < -0.3 is 0 Å². The summed E-state index contributed by atoms with van der Waals surface area (Å²) in [5.41, 5.74) is 0. The molecule has 0 aliphatic rings. The molecule has 0 aromatic heterocycles. The third-order valence-corrected chi connectivity index (χ3v) is 1.12. The van der Waals surface area contributed by atoms with E-state index in [4.69, 9.17) is 11.6 Å². The summed E-state index contributed by atoms with van der Waals surface area (Å²) < 4.78 is 0. The Morgan fingerprint density at radius 2 is 2.20 bits per heavy atom. The lowest BCUT2D eigenvalue weighted by Crippen LogP contribution is -1.79. The molecule has 0 bridgehead atoms. The molecule has 0 aromatic rings. The molecule has 0 fully saturated rings. The largest absolute Gasteiger partial charge is 0.120 e. The molecule has 31 valence electrons. The summed E-state index contributed by atoms with van der Waals surface area (Å²) in [4.78, 5) is 0.337. The van der Waals surface area contributed by atoms with Gasteiger partial charge in [-0.05, 0) is 0 Å². The lowest BCUT2D eigenvalue weighted by atomic mass is 10.6. The van der Waals surface area contributed by atoms with Crippen molar-refractivity contribution in [3.63, 3.8) is 0 Å². The van der Waals surface area contributed by atoms with Crippen molar-refractivity contribution in [2.45, 2.75) is 11.8 Å². The van der Waals surface area contributed by atoms with Crippen LogP contribution in [0.15, 0.2) is 0 Å². The maximum atomic E-state index is 5.16. The molecule has 0 nitrogen and oxygen atoms in total. The average Bonchev–Trinajstić information content (AvgIpc) is 1.38. The van der Waals surface area contributed by atoms with Crippen LogP contribution in [-0.4, -0.2) is 4.83 Å². The van der Waals surface area contributed by atoms with Crippen LogP contribution in [0.25, 0.3) is 0 Å². The fourth-order valence-electron chi connectivity index (χ4n) is 0. The minimum absolute atomic E-state index is 0.337. The van der Waals surface area contributed by atoms with Gasteiger partial charge in [-0.15, -0.1) is 11.6 Å². The maximum absolute atomic E-state index is 5.16. The van der Waals surface area contributed by atoms with E-state index in [0.717, 1.165) is 0 Å². The summed E-state index contributed by atoms with van der Waals surface area (Å²) >= 11 is 8.35. The quantitative estimate of drug-likeness (QED) is 0.511. The predicted octanol–water partition coefficient (Wildman–Crippen LogP) is 2.17. The van der Waals surface area contributed by atoms with Crippen LogP contribution in [0.4, 0.5) is 0 Å². The highest BCUT2D eigenvalue weighted by Gasteiger charge is 1.85. The Morgan fingerprint density at radius 3 is 2.20 bits per heavy atom. The van der Waals surface area contributed by atoms with Gasteiger partial charge in [-0.2, -0.15) is 0 Å². The average molecular weight is 156 g/mol. The maximum Gasteiger partial charge on any atom is 0.0632 e. The number of hydrogen-bond acceptors (Lipinski definition) is 0. The number of rotatable bonds is 1. The molecule has 0 aliphatic heterocycles. The van der Waals surface area contributed by atoms with Crippen molar-refractivity contribution in [1.29, 1.82) is 0 Å². The van der Waals surface area contributed by atoms with E-state index in [0.29, 0.717) is 4.83 Å². The smallest absolute Gasteiger partial charge is 0.0632 e. The van der Waals surface area contributed by atoms with Crippen LogP contribution in [0.1, 0.15) is 6.92 Å². The van der Waals surface area contributed by atoms with Gasteiger partial charge in [0, 0.05) is 4.83 Å². The highest BCUT2D eigenvalue weighted by Crippen LogP contribution is 2.02. The lowest BCUT2D eigenvalue weighted by Gasteiger charge is -1.85. The second-order valence-corrected chi connectivity index (χ2v) is 2.50. The first kappa shape index (κ1) is 5.77. The fourth-order valence-corrected chi connectivity index (χ4v) is 0. The van der Waals surface area contributed by atoms with Gasteiger partial charge in [0.2, 0.25) is 0 Å². The topological polar surface area (TPSA) is 0 Å². The van der Waals surface area contributed by atoms with E-state index >= 15 is 0 Å². The van der Waals surface area contributed by atoms with E-state index in [2.05, 4.69) is 15.9 Å². The number of alkyl halides is 1. The highest BCUT2D eigenvalue weighted by molar-refractivity contribution is 9.09. The number of hydrogen-bond donors (Lipinski definition) is 0. The first-order chi connectivity index (χ1) is 2.27. The minimum atomic E-state index is 0.337. The molecule has 0 spiro atoms. The molecule has 0 saturated heterocycles. The molecule has 0 saturated carbocycles. The third kappa shape index (κ3) is 4.77. The van der Waals surface area contributed by atoms with Gasteiger partial charge in [-0.1, -0.05) is 22.9 Å². The van der Waals surface area contributed by atoms with Crippen LogP contribution in [0.5, 0.6) is 0 Å². The van der Waals surface area contributed by atoms with Crippen molar-refractivity contribution in [2.75, 3.05) is 0 Å². The summed E-state index contributed by atoms with van der Waals surface area (Å²) in [5.74, 6) is 1.56. The van der Waals surface area contributed by atoms with Gasteiger partial charge in [0.25, 0.3) is 0 Å². The summed E-state index contributed by atoms with van der Waals surface area (Å²) in [5, 5.41) is 0. The van der Waals surface area contributed by atoms with Crippen LogP contribution in [0.2, 0.25) is 0 Å². The standard InChI is InChI=1S/C3H5BrCl/c1-3(4)2-5/h2-3H,1H3. The second kappa shape index (κ2) is 2.98. The van der Waals surface area contributed by atoms with E-state index in [9.17, 15) is 0 Å². The first-order valence-electron chi connectivity index (χ1n) is 1.35. The molecular weight excluding hydrogens is 151 g/mol. The van der Waals surface area contributed by atoms with Crippen LogP contribution in [0.3, 0.4) is 0 Å². The van der Waals surface area contributed by atoms with E-state index < -0.39 is 0 Å². The van der Waals surface area contributed by atoms with Crippen molar-refractivity contribution in [3.05, 3.63) is 5.88 Å². The van der Waals surface area contributed by atoms with Gasteiger partial charge in [0.05, 0.1) is 5.88 Å². The second-order valence-electron chi connectivity index (χ2n) is 0.804. The summed E-state index contributed by atoms with van der Waals surface area (Å²) in [6.07, 6.45) is 0. The Bertz CT molecular complexity index is 20.9. The molecular formula is C3H5BrCl. The molecule has 1 radical (unpaired) electrons. The summed E-state index contributed by atoms with van der Waals surface area (Å²) in [6.45, 7) is 1.95. The van der Waals surface area contributed by atoms with E-state index in [1.165, 1.54) is 0 Å². The van der Waals surface area contributed by atoms with Crippen molar-refractivity contribution in [1.82, 2.24) is 0 Å². The third-order valence-electron chi connectivity index (χ3n) is 0.174. The monoisotopic (exact) mass is 155 g/mol. The summed E-state index contributed by atoms with van der Waals surface area (Å²) in [6, 6.07) is 0. The predicted molar refractivity (Wildman–Crippen MR) is 28.5 cm³/mol. The van der Waals surface area contributed by atoms with Gasteiger partial charge in [-0.3, -0.25) is 0 Å².